The second-order valence-corrected chi connectivity index (χ2v) is 8.68. The van der Waals surface area contributed by atoms with E-state index in [1.165, 1.54) is 11.8 Å². The first-order valence-corrected chi connectivity index (χ1v) is 11.1. The Labute approximate surface area is 184 Å². The van der Waals surface area contributed by atoms with Gasteiger partial charge in [-0.2, -0.15) is 0 Å². The van der Waals surface area contributed by atoms with Crippen LogP contribution in [-0.4, -0.2) is 48.5 Å². The molecule has 0 saturated carbocycles. The lowest BCUT2D eigenvalue weighted by molar-refractivity contribution is 0.0867. The van der Waals surface area contributed by atoms with Gasteiger partial charge in [0, 0.05) is 37.0 Å². The Balaban J connectivity index is 1.94. The zero-order chi connectivity index (χ0) is 22.1. The van der Waals surface area contributed by atoms with Gasteiger partial charge in [0.2, 0.25) is 0 Å². The fourth-order valence-electron chi connectivity index (χ4n) is 3.21. The molecule has 162 valence electrons. The second kappa shape index (κ2) is 11.3. The van der Waals surface area contributed by atoms with E-state index in [1.54, 1.807) is 19.3 Å². The number of piperidine rings is 1. The molecule has 0 radical (unpaired) electrons. The van der Waals surface area contributed by atoms with E-state index >= 15 is 4.39 Å². The number of alkyl halides is 1. The third-order valence-electron chi connectivity index (χ3n) is 5.42. The van der Waals surface area contributed by atoms with Crippen LogP contribution in [-0.2, 0) is 0 Å². The van der Waals surface area contributed by atoms with E-state index < -0.39 is 5.67 Å². The highest BCUT2D eigenvalue weighted by Crippen LogP contribution is 2.32. The molecule has 0 atom stereocenters. The van der Waals surface area contributed by atoms with E-state index in [0.717, 1.165) is 40.7 Å². The minimum absolute atomic E-state index is 0.407. The molecule has 2 aliphatic rings. The molecule has 2 aliphatic heterocycles. The average molecular weight is 429 g/mol. The fraction of sp³-hybridized carbons (Fsp3) is 0.417. The van der Waals surface area contributed by atoms with Crippen molar-refractivity contribution in [3.05, 3.63) is 71.6 Å². The lowest BCUT2D eigenvalue weighted by Gasteiger charge is -2.37. The molecule has 0 aromatic rings. The number of rotatable bonds is 8. The third kappa shape index (κ3) is 6.67. The summed E-state index contributed by atoms with van der Waals surface area (Å²) in [4.78, 5) is 11.7. The highest BCUT2D eigenvalue weighted by atomic mass is 32.2. The SMILES string of the molecule is C=C/C(=C\C=C1\C=NC(NC(=C)C2(F)CCN(CC)CC2)=CC1)C(=C)SC(C)=NC. The summed E-state index contributed by atoms with van der Waals surface area (Å²) in [5, 5.41) is 4.04. The highest BCUT2D eigenvalue weighted by Gasteiger charge is 2.37. The highest BCUT2D eigenvalue weighted by molar-refractivity contribution is 8.17. The minimum Gasteiger partial charge on any atom is -0.342 e. The van der Waals surface area contributed by atoms with Crippen LogP contribution >= 0.6 is 11.8 Å². The molecule has 0 aromatic heterocycles. The van der Waals surface area contributed by atoms with Gasteiger partial charge in [-0.3, -0.25) is 4.99 Å². The van der Waals surface area contributed by atoms with E-state index in [1.807, 2.05) is 25.2 Å². The second-order valence-electron chi connectivity index (χ2n) is 7.39. The average Bonchev–Trinajstić information content (AvgIpc) is 2.75. The van der Waals surface area contributed by atoms with Crippen molar-refractivity contribution in [2.24, 2.45) is 9.98 Å². The van der Waals surface area contributed by atoms with Crippen LogP contribution in [0, 0.1) is 0 Å². The summed E-state index contributed by atoms with van der Waals surface area (Å²) in [5.74, 6) is 0.648. The molecule has 2 rings (SSSR count). The van der Waals surface area contributed by atoms with Crippen LogP contribution in [0.5, 0.6) is 0 Å². The maximum absolute atomic E-state index is 15.2. The number of thioether (sulfide) groups is 1. The zero-order valence-corrected chi connectivity index (χ0v) is 19.2. The van der Waals surface area contributed by atoms with Gasteiger partial charge >= 0.3 is 0 Å². The Morgan fingerprint density at radius 2 is 2.10 bits per heavy atom. The van der Waals surface area contributed by atoms with E-state index in [4.69, 9.17) is 0 Å². The first-order valence-electron chi connectivity index (χ1n) is 10.3. The van der Waals surface area contributed by atoms with Crippen LogP contribution in [0.25, 0.3) is 0 Å². The molecule has 1 N–H and O–H groups in total. The van der Waals surface area contributed by atoms with Gasteiger partial charge in [0.1, 0.15) is 5.82 Å². The van der Waals surface area contributed by atoms with E-state index in [2.05, 4.69) is 46.9 Å². The normalized spacial score (nSPS) is 21.3. The van der Waals surface area contributed by atoms with Crippen molar-refractivity contribution in [2.45, 2.75) is 38.8 Å². The molecule has 1 saturated heterocycles. The van der Waals surface area contributed by atoms with Crippen LogP contribution in [0.15, 0.2) is 81.6 Å². The standard InChI is InChI=1S/C24H33FN4S/c1-7-22(18(3)30-20(5)26-6)11-9-21-10-12-23(27-17-21)28-19(4)24(25)13-15-29(8-2)16-14-24/h7,9,11-12,17,28H,1,3-4,8,10,13-16H2,2,5-6H3/b21-9+,22-11+,26-20?. The van der Waals surface area contributed by atoms with Crippen LogP contribution in [0.4, 0.5) is 4.39 Å². The molecular weight excluding hydrogens is 395 g/mol. The molecule has 0 unspecified atom stereocenters. The molecule has 1 fully saturated rings. The zero-order valence-electron chi connectivity index (χ0n) is 18.4. The molecule has 4 nitrogen and oxygen atoms in total. The molecule has 0 bridgehead atoms. The predicted octanol–water partition coefficient (Wildman–Crippen LogP) is 5.56. The Morgan fingerprint density at radius 3 is 2.63 bits per heavy atom. The predicted molar refractivity (Wildman–Crippen MR) is 131 cm³/mol. The van der Waals surface area contributed by atoms with Gasteiger partial charge in [0.25, 0.3) is 0 Å². The molecule has 0 aromatic carbocycles. The number of nitrogens with zero attached hydrogens (tertiary/aromatic N) is 3. The monoisotopic (exact) mass is 428 g/mol. The number of aliphatic imine (C=N–C) groups is 2. The van der Waals surface area contributed by atoms with Gasteiger partial charge in [0.15, 0.2) is 5.67 Å². The largest absolute Gasteiger partial charge is 0.342 e. The molecule has 0 amide bonds. The van der Waals surface area contributed by atoms with Crippen LogP contribution in [0.3, 0.4) is 0 Å². The summed E-state index contributed by atoms with van der Waals surface area (Å²) in [7, 11) is 1.76. The Morgan fingerprint density at radius 1 is 1.40 bits per heavy atom. The number of hydrogen-bond acceptors (Lipinski definition) is 5. The third-order valence-corrected chi connectivity index (χ3v) is 6.38. The van der Waals surface area contributed by atoms with Crippen molar-refractivity contribution in [1.82, 2.24) is 10.2 Å². The Hall–Kier alpha value is -2.18. The molecule has 0 spiro atoms. The maximum Gasteiger partial charge on any atom is 0.152 e. The van der Waals surface area contributed by atoms with E-state index in [9.17, 15) is 0 Å². The van der Waals surface area contributed by atoms with E-state index in [0.29, 0.717) is 30.8 Å². The summed E-state index contributed by atoms with van der Waals surface area (Å²) in [6, 6.07) is 0. The number of nitrogens with one attached hydrogen (secondary N) is 1. The lowest BCUT2D eigenvalue weighted by atomic mass is 9.90. The van der Waals surface area contributed by atoms with Crippen molar-refractivity contribution < 1.29 is 4.39 Å². The molecule has 2 heterocycles. The summed E-state index contributed by atoms with van der Waals surface area (Å²) in [6.45, 7) is 18.4. The fourth-order valence-corrected chi connectivity index (χ4v) is 3.93. The summed E-state index contributed by atoms with van der Waals surface area (Å²) in [6.07, 6.45) is 11.2. The minimum atomic E-state index is -1.38. The van der Waals surface area contributed by atoms with Crippen LogP contribution < -0.4 is 5.32 Å². The number of halogens is 1. The van der Waals surface area contributed by atoms with Crippen molar-refractivity contribution in [2.75, 3.05) is 26.7 Å². The molecule has 30 heavy (non-hydrogen) atoms. The number of likely N-dealkylation sites (tertiary alicyclic amines) is 1. The summed E-state index contributed by atoms with van der Waals surface area (Å²) in [5.41, 5.74) is 1.03. The molecule has 0 aliphatic carbocycles. The lowest BCUT2D eigenvalue weighted by Crippen LogP contribution is -2.45. The first-order chi connectivity index (χ1) is 14.3. The summed E-state index contributed by atoms with van der Waals surface area (Å²) >= 11 is 1.52. The maximum atomic E-state index is 15.2. The van der Waals surface area contributed by atoms with Crippen LogP contribution in [0.2, 0.25) is 0 Å². The Kier molecular flexibility index (Phi) is 9.06. The van der Waals surface area contributed by atoms with Crippen molar-refractivity contribution in [1.29, 1.82) is 0 Å². The van der Waals surface area contributed by atoms with Crippen LogP contribution in [0.1, 0.15) is 33.1 Å². The first kappa shape index (κ1) is 24.1. The van der Waals surface area contributed by atoms with Gasteiger partial charge in [-0.05, 0) is 50.0 Å². The summed E-state index contributed by atoms with van der Waals surface area (Å²) < 4.78 is 15.2. The topological polar surface area (TPSA) is 40.0 Å². The van der Waals surface area contributed by atoms with Crippen molar-refractivity contribution >= 4 is 23.0 Å². The number of allylic oxidation sites excluding steroid dienone is 7. The van der Waals surface area contributed by atoms with Gasteiger partial charge in [-0.15, -0.1) is 0 Å². The van der Waals surface area contributed by atoms with Gasteiger partial charge in [-0.1, -0.05) is 56.7 Å². The molecular formula is C24H33FN4S. The van der Waals surface area contributed by atoms with Gasteiger partial charge < -0.3 is 10.2 Å². The molecule has 6 heteroatoms. The van der Waals surface area contributed by atoms with Gasteiger partial charge in [0.05, 0.1) is 5.04 Å². The van der Waals surface area contributed by atoms with Crippen molar-refractivity contribution in [3.63, 3.8) is 0 Å². The smallest absolute Gasteiger partial charge is 0.152 e. The van der Waals surface area contributed by atoms with Gasteiger partial charge in [-0.25, -0.2) is 9.38 Å². The van der Waals surface area contributed by atoms with E-state index in [-0.39, 0.29) is 0 Å². The number of hydrogen-bond donors (Lipinski definition) is 1. The quantitative estimate of drug-likeness (QED) is 0.312. The Bertz CT molecular complexity index is 824. The van der Waals surface area contributed by atoms with Crippen molar-refractivity contribution in [3.8, 4) is 0 Å².